The number of phenolic OH excluding ortho intramolecular Hbond substituents is 1. The molecule has 1 unspecified atom stereocenters. The first-order valence-corrected chi connectivity index (χ1v) is 8.23. The normalized spacial score (nSPS) is 17.2. The van der Waals surface area contributed by atoms with Gasteiger partial charge in [0.05, 0.1) is 6.10 Å². The van der Waals surface area contributed by atoms with Crippen molar-refractivity contribution in [2.45, 2.75) is 25.0 Å². The van der Waals surface area contributed by atoms with Gasteiger partial charge in [0, 0.05) is 31.4 Å². The number of rotatable bonds is 5. The summed E-state index contributed by atoms with van der Waals surface area (Å²) in [6.07, 6.45) is 1.55. The average molecular weight is 312 g/mol. The van der Waals surface area contributed by atoms with Crippen LogP contribution in [-0.2, 0) is 0 Å². The van der Waals surface area contributed by atoms with Gasteiger partial charge in [-0.3, -0.25) is 0 Å². The number of hydrogen-bond acceptors (Lipinski definition) is 4. The maximum atomic E-state index is 10.2. The molecule has 1 saturated heterocycles. The number of nitrogens with one attached hydrogen (secondary N) is 1. The zero-order valence-electron chi connectivity index (χ0n) is 13.2. The Bertz CT molecular complexity index is 610. The molecule has 122 valence electrons. The molecule has 0 amide bonds. The second-order valence-corrected chi connectivity index (χ2v) is 6.12. The molecule has 1 fully saturated rings. The highest BCUT2D eigenvalue weighted by Crippen LogP contribution is 2.21. The van der Waals surface area contributed by atoms with Gasteiger partial charge in [-0.15, -0.1) is 0 Å². The van der Waals surface area contributed by atoms with E-state index in [4.69, 9.17) is 0 Å². The molecule has 23 heavy (non-hydrogen) atoms. The van der Waals surface area contributed by atoms with Crippen molar-refractivity contribution in [3.05, 3.63) is 60.2 Å². The predicted molar refractivity (Wildman–Crippen MR) is 92.7 cm³/mol. The van der Waals surface area contributed by atoms with Gasteiger partial charge in [-0.05, 0) is 42.7 Å². The smallest absolute Gasteiger partial charge is 0.115 e. The van der Waals surface area contributed by atoms with Crippen molar-refractivity contribution < 1.29 is 10.2 Å². The lowest BCUT2D eigenvalue weighted by Gasteiger charge is -2.34. The summed E-state index contributed by atoms with van der Waals surface area (Å²) in [7, 11) is 0. The van der Waals surface area contributed by atoms with E-state index in [0.717, 1.165) is 31.5 Å². The van der Waals surface area contributed by atoms with Crippen molar-refractivity contribution in [3.63, 3.8) is 0 Å². The van der Waals surface area contributed by atoms with Crippen LogP contribution in [0.5, 0.6) is 5.75 Å². The molecule has 0 aliphatic carbocycles. The third-order valence-corrected chi connectivity index (χ3v) is 4.47. The van der Waals surface area contributed by atoms with Crippen molar-refractivity contribution in [2.75, 3.05) is 24.5 Å². The molecule has 1 heterocycles. The van der Waals surface area contributed by atoms with Crippen LogP contribution >= 0.6 is 0 Å². The van der Waals surface area contributed by atoms with Crippen LogP contribution in [0.1, 0.15) is 24.5 Å². The number of aromatic hydroxyl groups is 1. The van der Waals surface area contributed by atoms with Crippen LogP contribution in [0.4, 0.5) is 5.69 Å². The van der Waals surface area contributed by atoms with Gasteiger partial charge in [0.25, 0.3) is 0 Å². The topological polar surface area (TPSA) is 55.7 Å². The molecule has 2 aromatic rings. The van der Waals surface area contributed by atoms with E-state index in [1.54, 1.807) is 18.2 Å². The quantitative estimate of drug-likeness (QED) is 0.794. The molecule has 3 N–H and O–H groups in total. The number of aliphatic hydroxyl groups is 1. The average Bonchev–Trinajstić information content (AvgIpc) is 2.61. The number of aliphatic hydroxyl groups excluding tert-OH is 1. The van der Waals surface area contributed by atoms with Crippen LogP contribution in [0, 0.1) is 0 Å². The number of phenols is 1. The number of benzene rings is 2. The van der Waals surface area contributed by atoms with Crippen molar-refractivity contribution >= 4 is 5.69 Å². The minimum absolute atomic E-state index is 0.192. The van der Waals surface area contributed by atoms with Gasteiger partial charge in [0.1, 0.15) is 5.75 Å². The Kier molecular flexibility index (Phi) is 5.16. The van der Waals surface area contributed by atoms with E-state index in [1.165, 1.54) is 5.69 Å². The highest BCUT2D eigenvalue weighted by Gasteiger charge is 2.20. The fraction of sp³-hybridized carbons (Fsp3) is 0.368. The largest absolute Gasteiger partial charge is 0.508 e. The summed E-state index contributed by atoms with van der Waals surface area (Å²) in [5.41, 5.74) is 2.03. The highest BCUT2D eigenvalue weighted by atomic mass is 16.3. The van der Waals surface area contributed by atoms with E-state index in [0.29, 0.717) is 12.6 Å². The van der Waals surface area contributed by atoms with Crippen molar-refractivity contribution in [3.8, 4) is 5.75 Å². The minimum Gasteiger partial charge on any atom is -0.508 e. The second kappa shape index (κ2) is 7.49. The first-order valence-electron chi connectivity index (χ1n) is 8.23. The number of hydrogen-bond donors (Lipinski definition) is 3. The molecule has 1 atom stereocenters. The molecule has 0 radical (unpaired) electrons. The van der Waals surface area contributed by atoms with E-state index in [-0.39, 0.29) is 5.75 Å². The Morgan fingerprint density at radius 3 is 2.48 bits per heavy atom. The van der Waals surface area contributed by atoms with E-state index in [1.807, 2.05) is 12.1 Å². The fourth-order valence-electron chi connectivity index (χ4n) is 3.11. The predicted octanol–water partition coefficient (Wildman–Crippen LogP) is 2.68. The minimum atomic E-state index is -0.589. The third kappa shape index (κ3) is 4.24. The first kappa shape index (κ1) is 15.8. The SMILES string of the molecule is Oc1cccc(C(O)CNC2CCN(c3ccccc3)CC2)c1. The van der Waals surface area contributed by atoms with Gasteiger partial charge in [-0.2, -0.15) is 0 Å². The van der Waals surface area contributed by atoms with Crippen LogP contribution in [0.2, 0.25) is 0 Å². The van der Waals surface area contributed by atoms with Gasteiger partial charge in [-0.25, -0.2) is 0 Å². The molecule has 1 aliphatic rings. The number of anilines is 1. The lowest BCUT2D eigenvalue weighted by molar-refractivity contribution is 0.167. The Hall–Kier alpha value is -2.04. The van der Waals surface area contributed by atoms with Crippen LogP contribution in [0.15, 0.2) is 54.6 Å². The molecular weight excluding hydrogens is 288 g/mol. The van der Waals surface area contributed by atoms with Crippen LogP contribution in [0.25, 0.3) is 0 Å². The summed E-state index contributed by atoms with van der Waals surface area (Å²) in [4.78, 5) is 2.41. The van der Waals surface area contributed by atoms with Gasteiger partial charge >= 0.3 is 0 Å². The lowest BCUT2D eigenvalue weighted by atomic mass is 10.0. The molecule has 0 saturated carbocycles. The summed E-state index contributed by atoms with van der Waals surface area (Å²) in [6.45, 7) is 2.58. The molecule has 2 aromatic carbocycles. The molecule has 0 aromatic heterocycles. The zero-order chi connectivity index (χ0) is 16.1. The monoisotopic (exact) mass is 312 g/mol. The molecule has 1 aliphatic heterocycles. The van der Waals surface area contributed by atoms with E-state index >= 15 is 0 Å². The molecule has 0 spiro atoms. The van der Waals surface area contributed by atoms with Gasteiger partial charge < -0.3 is 20.4 Å². The Labute approximate surface area is 137 Å². The van der Waals surface area contributed by atoms with E-state index in [2.05, 4.69) is 34.5 Å². The van der Waals surface area contributed by atoms with E-state index < -0.39 is 6.10 Å². The number of nitrogens with zero attached hydrogens (tertiary/aromatic N) is 1. The highest BCUT2D eigenvalue weighted by molar-refractivity contribution is 5.46. The molecule has 4 heteroatoms. The van der Waals surface area contributed by atoms with Gasteiger partial charge in [-0.1, -0.05) is 30.3 Å². The van der Waals surface area contributed by atoms with Gasteiger partial charge in [0.15, 0.2) is 0 Å². The summed E-state index contributed by atoms with van der Waals surface area (Å²) < 4.78 is 0. The van der Waals surface area contributed by atoms with Crippen LogP contribution < -0.4 is 10.2 Å². The maximum Gasteiger partial charge on any atom is 0.115 e. The number of para-hydroxylation sites is 1. The summed E-state index contributed by atoms with van der Waals surface area (Å²) in [6, 6.07) is 17.8. The maximum absolute atomic E-state index is 10.2. The second-order valence-electron chi connectivity index (χ2n) is 6.12. The van der Waals surface area contributed by atoms with Crippen molar-refractivity contribution in [1.82, 2.24) is 5.32 Å². The standard InChI is InChI=1S/C19H24N2O2/c22-18-8-4-5-15(13-18)19(23)14-20-16-9-11-21(12-10-16)17-6-2-1-3-7-17/h1-8,13,16,19-20,22-23H,9-12,14H2. The summed E-state index contributed by atoms with van der Waals surface area (Å²) in [5, 5.41) is 23.2. The van der Waals surface area contributed by atoms with Crippen molar-refractivity contribution in [1.29, 1.82) is 0 Å². The molecule has 4 nitrogen and oxygen atoms in total. The van der Waals surface area contributed by atoms with Gasteiger partial charge in [0.2, 0.25) is 0 Å². The lowest BCUT2D eigenvalue weighted by Crippen LogP contribution is -2.43. The molecule has 0 bridgehead atoms. The Morgan fingerprint density at radius 2 is 1.78 bits per heavy atom. The summed E-state index contributed by atoms with van der Waals surface area (Å²) >= 11 is 0. The summed E-state index contributed by atoms with van der Waals surface area (Å²) in [5.74, 6) is 0.192. The van der Waals surface area contributed by atoms with Crippen LogP contribution in [0.3, 0.4) is 0 Å². The molecular formula is C19H24N2O2. The van der Waals surface area contributed by atoms with Crippen molar-refractivity contribution in [2.24, 2.45) is 0 Å². The van der Waals surface area contributed by atoms with E-state index in [9.17, 15) is 10.2 Å². The van der Waals surface area contributed by atoms with Crippen LogP contribution in [-0.4, -0.2) is 35.9 Å². The first-order chi connectivity index (χ1) is 11.2. The number of piperidine rings is 1. The Morgan fingerprint density at radius 1 is 1.04 bits per heavy atom. The fourth-order valence-corrected chi connectivity index (χ4v) is 3.11. The zero-order valence-corrected chi connectivity index (χ0v) is 13.2. The Balaban J connectivity index is 1.46. The third-order valence-electron chi connectivity index (χ3n) is 4.47. The molecule has 3 rings (SSSR count).